The van der Waals surface area contributed by atoms with Crippen LogP contribution in [0, 0.1) is 0 Å². The standard InChI is InChI=1S/C22H21ClN2O4/c23-18-13-16(6-7-17(18)22(27)25-10-2-1-3-11-25)24-21(26)9-5-15-4-8-19-20(12-15)29-14-28-19/h4-9,12-13H,1-3,10-11,14H2,(H,24,26)/b9-5+. The summed E-state index contributed by atoms with van der Waals surface area (Å²) in [5.74, 6) is 0.998. The number of ether oxygens (including phenoxy) is 2. The van der Waals surface area contributed by atoms with Crippen LogP contribution in [0.2, 0.25) is 5.02 Å². The molecule has 2 amide bonds. The number of hydrogen-bond donors (Lipinski definition) is 1. The minimum absolute atomic E-state index is 0.0599. The average molecular weight is 413 g/mol. The largest absolute Gasteiger partial charge is 0.454 e. The maximum Gasteiger partial charge on any atom is 0.255 e. The first-order chi connectivity index (χ1) is 14.1. The van der Waals surface area contributed by atoms with Gasteiger partial charge in [-0.1, -0.05) is 17.7 Å². The Bertz CT molecular complexity index is 967. The summed E-state index contributed by atoms with van der Waals surface area (Å²) in [6.07, 6.45) is 6.31. The molecular formula is C22H21ClN2O4. The van der Waals surface area contributed by atoms with Gasteiger partial charge in [-0.3, -0.25) is 9.59 Å². The summed E-state index contributed by atoms with van der Waals surface area (Å²) in [6, 6.07) is 10.4. The summed E-state index contributed by atoms with van der Waals surface area (Å²) >= 11 is 6.31. The van der Waals surface area contributed by atoms with Crippen LogP contribution in [0.25, 0.3) is 6.08 Å². The van der Waals surface area contributed by atoms with Crippen molar-refractivity contribution in [2.45, 2.75) is 19.3 Å². The highest BCUT2D eigenvalue weighted by atomic mass is 35.5. The van der Waals surface area contributed by atoms with E-state index in [1.54, 1.807) is 30.3 Å². The number of benzene rings is 2. The van der Waals surface area contributed by atoms with Crippen molar-refractivity contribution in [1.29, 1.82) is 0 Å². The van der Waals surface area contributed by atoms with Gasteiger partial charge in [0.25, 0.3) is 5.91 Å². The molecule has 1 fully saturated rings. The van der Waals surface area contributed by atoms with Gasteiger partial charge in [-0.05, 0) is 61.2 Å². The molecule has 2 aromatic rings. The van der Waals surface area contributed by atoms with Crippen LogP contribution >= 0.6 is 11.6 Å². The number of rotatable bonds is 4. The van der Waals surface area contributed by atoms with E-state index in [1.807, 2.05) is 17.0 Å². The van der Waals surface area contributed by atoms with Crippen molar-refractivity contribution in [3.63, 3.8) is 0 Å². The molecule has 4 rings (SSSR count). The molecule has 2 aliphatic rings. The Labute approximate surface area is 174 Å². The summed E-state index contributed by atoms with van der Waals surface area (Å²) < 4.78 is 10.6. The molecule has 29 heavy (non-hydrogen) atoms. The predicted molar refractivity (Wildman–Crippen MR) is 111 cm³/mol. The van der Waals surface area contributed by atoms with Crippen LogP contribution in [0.4, 0.5) is 5.69 Å². The van der Waals surface area contributed by atoms with Crippen molar-refractivity contribution in [1.82, 2.24) is 4.90 Å². The van der Waals surface area contributed by atoms with Gasteiger partial charge in [-0.15, -0.1) is 0 Å². The van der Waals surface area contributed by atoms with Crippen molar-refractivity contribution < 1.29 is 19.1 Å². The molecule has 2 aliphatic heterocycles. The zero-order chi connectivity index (χ0) is 20.2. The third kappa shape index (κ3) is 4.54. The lowest BCUT2D eigenvalue weighted by atomic mass is 10.1. The van der Waals surface area contributed by atoms with Crippen molar-refractivity contribution in [3.8, 4) is 11.5 Å². The van der Waals surface area contributed by atoms with Gasteiger partial charge in [0.15, 0.2) is 11.5 Å². The molecule has 1 saturated heterocycles. The number of fused-ring (bicyclic) bond motifs is 1. The van der Waals surface area contributed by atoms with Gasteiger partial charge in [0.1, 0.15) is 0 Å². The Morgan fingerprint density at radius 3 is 2.59 bits per heavy atom. The van der Waals surface area contributed by atoms with E-state index in [1.165, 1.54) is 6.08 Å². The van der Waals surface area contributed by atoms with E-state index in [0.717, 1.165) is 37.9 Å². The highest BCUT2D eigenvalue weighted by Gasteiger charge is 2.20. The Morgan fingerprint density at radius 1 is 1.00 bits per heavy atom. The topological polar surface area (TPSA) is 67.9 Å². The molecule has 0 atom stereocenters. The number of amides is 2. The van der Waals surface area contributed by atoms with Crippen LogP contribution in [0.1, 0.15) is 35.2 Å². The third-order valence-corrected chi connectivity index (χ3v) is 5.25. The lowest BCUT2D eigenvalue weighted by molar-refractivity contribution is -0.111. The van der Waals surface area contributed by atoms with Crippen LogP contribution in [0.5, 0.6) is 11.5 Å². The number of piperidine rings is 1. The number of halogens is 1. The second-order valence-electron chi connectivity index (χ2n) is 6.98. The van der Waals surface area contributed by atoms with Gasteiger partial charge in [0.05, 0.1) is 10.6 Å². The normalized spacial score (nSPS) is 15.6. The van der Waals surface area contributed by atoms with Gasteiger partial charge in [-0.2, -0.15) is 0 Å². The van der Waals surface area contributed by atoms with Gasteiger partial charge in [0.2, 0.25) is 12.7 Å². The highest BCUT2D eigenvalue weighted by molar-refractivity contribution is 6.34. The lowest BCUT2D eigenvalue weighted by Crippen LogP contribution is -2.35. The van der Waals surface area contributed by atoms with Crippen molar-refractivity contribution >= 4 is 35.2 Å². The van der Waals surface area contributed by atoms with Gasteiger partial charge < -0.3 is 19.7 Å². The Kier molecular flexibility index (Phi) is 5.71. The number of anilines is 1. The molecule has 0 bridgehead atoms. The smallest absolute Gasteiger partial charge is 0.255 e. The molecule has 0 aromatic heterocycles. The van der Waals surface area contributed by atoms with Crippen molar-refractivity contribution in [2.24, 2.45) is 0 Å². The third-order valence-electron chi connectivity index (χ3n) is 4.93. The summed E-state index contributed by atoms with van der Waals surface area (Å²) in [4.78, 5) is 26.7. The minimum atomic E-state index is -0.297. The van der Waals surface area contributed by atoms with Gasteiger partial charge in [-0.25, -0.2) is 0 Å². The van der Waals surface area contributed by atoms with Gasteiger partial charge in [0, 0.05) is 24.9 Å². The van der Waals surface area contributed by atoms with Crippen molar-refractivity contribution in [2.75, 3.05) is 25.2 Å². The first-order valence-corrected chi connectivity index (χ1v) is 9.95. The van der Waals surface area contributed by atoms with Crippen LogP contribution in [0.15, 0.2) is 42.5 Å². The number of nitrogens with one attached hydrogen (secondary N) is 1. The molecule has 0 spiro atoms. The molecule has 150 valence electrons. The van der Waals surface area contributed by atoms with Crippen LogP contribution in [-0.2, 0) is 4.79 Å². The summed E-state index contributed by atoms with van der Waals surface area (Å²) in [6.45, 7) is 1.73. The number of hydrogen-bond acceptors (Lipinski definition) is 4. The molecule has 2 aromatic carbocycles. The molecule has 2 heterocycles. The molecule has 0 unspecified atom stereocenters. The number of carbonyl (C=O) groups is 2. The van der Waals surface area contributed by atoms with E-state index >= 15 is 0 Å². The van der Waals surface area contributed by atoms with E-state index < -0.39 is 0 Å². The molecule has 0 saturated carbocycles. The van der Waals surface area contributed by atoms with E-state index in [9.17, 15) is 9.59 Å². The van der Waals surface area contributed by atoms with E-state index in [2.05, 4.69) is 5.32 Å². The zero-order valence-corrected chi connectivity index (χ0v) is 16.6. The molecule has 6 nitrogen and oxygen atoms in total. The Morgan fingerprint density at radius 2 is 1.79 bits per heavy atom. The lowest BCUT2D eigenvalue weighted by Gasteiger charge is -2.27. The minimum Gasteiger partial charge on any atom is -0.454 e. The summed E-state index contributed by atoms with van der Waals surface area (Å²) in [7, 11) is 0. The number of nitrogens with zero attached hydrogens (tertiary/aromatic N) is 1. The maximum atomic E-state index is 12.6. The van der Waals surface area contributed by atoms with Crippen molar-refractivity contribution in [3.05, 3.63) is 58.6 Å². The van der Waals surface area contributed by atoms with E-state index in [-0.39, 0.29) is 18.6 Å². The first kappa shape index (κ1) is 19.3. The van der Waals surface area contributed by atoms with Gasteiger partial charge >= 0.3 is 0 Å². The Hall–Kier alpha value is -2.99. The maximum absolute atomic E-state index is 12.6. The monoisotopic (exact) mass is 412 g/mol. The summed E-state index contributed by atoms with van der Waals surface area (Å²) in [5.41, 5.74) is 1.82. The fourth-order valence-electron chi connectivity index (χ4n) is 3.41. The van der Waals surface area contributed by atoms with Crippen LogP contribution in [0.3, 0.4) is 0 Å². The van der Waals surface area contributed by atoms with Crippen LogP contribution < -0.4 is 14.8 Å². The first-order valence-electron chi connectivity index (χ1n) is 9.58. The number of likely N-dealkylation sites (tertiary alicyclic amines) is 1. The predicted octanol–water partition coefficient (Wildman–Crippen LogP) is 4.35. The average Bonchev–Trinajstić information content (AvgIpc) is 3.20. The van der Waals surface area contributed by atoms with E-state index in [0.29, 0.717) is 27.8 Å². The fourth-order valence-corrected chi connectivity index (χ4v) is 3.67. The van der Waals surface area contributed by atoms with E-state index in [4.69, 9.17) is 21.1 Å². The summed E-state index contributed by atoms with van der Waals surface area (Å²) in [5, 5.41) is 3.09. The number of carbonyl (C=O) groups excluding carboxylic acids is 2. The zero-order valence-electron chi connectivity index (χ0n) is 15.8. The molecule has 1 N–H and O–H groups in total. The molecule has 7 heteroatoms. The second kappa shape index (κ2) is 8.57. The highest BCUT2D eigenvalue weighted by Crippen LogP contribution is 2.32. The SMILES string of the molecule is O=C(/C=C/c1ccc2c(c1)OCO2)Nc1ccc(C(=O)N2CCCCC2)c(Cl)c1. The molecule has 0 aliphatic carbocycles. The molecule has 0 radical (unpaired) electrons. The fraction of sp³-hybridized carbons (Fsp3) is 0.273. The quantitative estimate of drug-likeness (QED) is 0.758. The Balaban J connectivity index is 1.39. The van der Waals surface area contributed by atoms with Crippen LogP contribution in [-0.4, -0.2) is 36.6 Å². The molecular weight excluding hydrogens is 392 g/mol. The second-order valence-corrected chi connectivity index (χ2v) is 7.39.